The first kappa shape index (κ1) is 56.4. The number of alkyl halides is 3. The standard InChI is InChI=1S/C21H26F3N3O4.C10H9NO2.C4H7NO2S.C4H10.C2H6.C2H4.C2H2/c1-20(2,13-5-7-14(8-6-13)21(22,23)24)31-19(30)25-12-17(28)27-11-3-4-16(27)18(29)26-15-9-10-15;1-13-8-2-3-9-7(6-8)4-5-11-10(9)12;6-3-5-8(7)4-1-2-4;1-4(2)3;3*1-2/h5-8,15-16H,3-4,9-12H2,1-2H3,(H,25,30)(H,26,29);2-6H,1H3,(H,11,12);3-4H,1-2H2,(H,5,6);4H,1-3H3;1-2H3;1-2H2;1-2H/t16-;;;;;;/m0....../s1. The summed E-state index contributed by atoms with van der Waals surface area (Å²) in [5.74, 6) is 1.04. The Labute approximate surface area is 366 Å². The minimum atomic E-state index is -4.45. The minimum Gasteiger partial charge on any atom is -0.497 e. The second-order valence-electron chi connectivity index (χ2n) is 14.6. The molecule has 1 aromatic heterocycles. The number of likely N-dealkylation sites (tertiary alicyclic amines) is 1. The number of H-pyrrole nitrogens is 1. The zero-order valence-corrected chi connectivity index (χ0v) is 37.9. The van der Waals surface area contributed by atoms with Gasteiger partial charge in [0.2, 0.25) is 18.2 Å². The normalized spacial score (nSPS) is 15.3. The number of carbonyl (C=O) groups excluding carboxylic acids is 4. The van der Waals surface area contributed by atoms with Crippen molar-refractivity contribution in [2.75, 3.05) is 20.2 Å². The molecule has 2 aromatic carbocycles. The molecule has 2 saturated carbocycles. The Morgan fingerprint density at radius 1 is 0.968 bits per heavy atom. The lowest BCUT2D eigenvalue weighted by molar-refractivity contribution is -0.137. The highest BCUT2D eigenvalue weighted by Gasteiger charge is 2.37. The fourth-order valence-electron chi connectivity index (χ4n) is 5.22. The SMILES string of the molecule is C#C.C=C.CC.CC(C)(OC(=O)NCC(=O)N1CCC[C@H]1C(=O)NC1CC1)c1ccc(C(F)(F)F)cc1.CC(C)C.COc1ccc2c(=O)[nH]ccc2c1.O=CNS(=O)C1CC1. The monoisotopic (exact) mass is 891 g/mol. The van der Waals surface area contributed by atoms with Crippen molar-refractivity contribution in [2.24, 2.45) is 5.92 Å². The number of halogens is 3. The van der Waals surface area contributed by atoms with E-state index < -0.39 is 46.4 Å². The first-order chi connectivity index (χ1) is 29.4. The molecule has 3 aromatic rings. The van der Waals surface area contributed by atoms with E-state index in [2.05, 4.69) is 67.1 Å². The second kappa shape index (κ2) is 28.8. The summed E-state index contributed by atoms with van der Waals surface area (Å²) in [6.07, 6.45) is 9.96. The summed E-state index contributed by atoms with van der Waals surface area (Å²) in [6.45, 7) is 19.7. The first-order valence-electron chi connectivity index (χ1n) is 20.2. The number of rotatable bonds is 10. The third kappa shape index (κ3) is 20.8. The van der Waals surface area contributed by atoms with Gasteiger partial charge in [0.1, 0.15) is 34.9 Å². The van der Waals surface area contributed by atoms with Gasteiger partial charge in [0.15, 0.2) is 0 Å². The van der Waals surface area contributed by atoms with E-state index in [9.17, 15) is 41.4 Å². The summed E-state index contributed by atoms with van der Waals surface area (Å²) >= 11 is 0. The maximum atomic E-state index is 12.7. The van der Waals surface area contributed by atoms with Gasteiger partial charge in [-0.15, -0.1) is 26.0 Å². The number of carbonyl (C=O) groups is 4. The van der Waals surface area contributed by atoms with Crippen molar-refractivity contribution in [1.82, 2.24) is 25.2 Å². The van der Waals surface area contributed by atoms with Gasteiger partial charge < -0.3 is 30.0 Å². The van der Waals surface area contributed by atoms with Crippen molar-refractivity contribution in [3.8, 4) is 18.6 Å². The average molecular weight is 892 g/mol. The van der Waals surface area contributed by atoms with Crippen LogP contribution in [-0.4, -0.2) is 75.9 Å². The van der Waals surface area contributed by atoms with Crippen LogP contribution in [0.3, 0.4) is 0 Å². The fraction of sp³-hybridized carbons (Fsp3) is 0.489. The molecule has 1 unspecified atom stereocenters. The minimum absolute atomic E-state index is 0.0693. The van der Waals surface area contributed by atoms with Crippen LogP contribution in [0.25, 0.3) is 10.8 Å². The third-order valence-corrected chi connectivity index (χ3v) is 9.82. The predicted molar refractivity (Wildman–Crippen MR) is 239 cm³/mol. The molecule has 1 saturated heterocycles. The zero-order valence-electron chi connectivity index (χ0n) is 37.1. The lowest BCUT2D eigenvalue weighted by atomic mass is 9.97. The van der Waals surface area contributed by atoms with E-state index in [0.717, 1.165) is 54.9 Å². The van der Waals surface area contributed by atoms with Crippen molar-refractivity contribution in [3.63, 3.8) is 0 Å². The number of pyridine rings is 1. The fourth-order valence-corrected chi connectivity index (χ4v) is 6.07. The van der Waals surface area contributed by atoms with Gasteiger partial charge >= 0.3 is 12.3 Å². The largest absolute Gasteiger partial charge is 0.497 e. The number of amides is 4. The number of hydrogen-bond acceptors (Lipinski definition) is 8. The number of nitrogens with one attached hydrogen (secondary N) is 4. The molecular formula is C45H64F3N5O8S. The molecule has 62 heavy (non-hydrogen) atoms. The van der Waals surface area contributed by atoms with E-state index in [0.29, 0.717) is 36.7 Å². The van der Waals surface area contributed by atoms with Crippen molar-refractivity contribution < 1.29 is 46.0 Å². The number of nitrogens with zero attached hydrogens (tertiary/aromatic N) is 1. The van der Waals surface area contributed by atoms with E-state index >= 15 is 0 Å². The lowest BCUT2D eigenvalue weighted by Gasteiger charge is -2.27. The third-order valence-electron chi connectivity index (χ3n) is 8.41. The summed E-state index contributed by atoms with van der Waals surface area (Å²) in [6, 6.07) is 11.2. The van der Waals surface area contributed by atoms with E-state index in [-0.39, 0.29) is 29.3 Å². The van der Waals surface area contributed by atoms with Gasteiger partial charge in [-0.1, -0.05) is 46.8 Å². The number of ether oxygens (including phenoxy) is 2. The molecule has 0 bridgehead atoms. The Kier molecular flexibility index (Phi) is 26.2. The van der Waals surface area contributed by atoms with Crippen LogP contribution in [0.2, 0.25) is 0 Å². The highest BCUT2D eigenvalue weighted by Crippen LogP contribution is 2.32. The molecule has 344 valence electrons. The maximum Gasteiger partial charge on any atom is 0.416 e. The van der Waals surface area contributed by atoms with Gasteiger partial charge in [0, 0.05) is 24.2 Å². The number of benzene rings is 2. The second-order valence-corrected chi connectivity index (χ2v) is 16.1. The molecular weight excluding hydrogens is 828 g/mol. The maximum absolute atomic E-state index is 12.7. The molecule has 2 atom stereocenters. The van der Waals surface area contributed by atoms with Crippen LogP contribution in [0.15, 0.2) is 72.7 Å². The number of fused-ring (bicyclic) bond motifs is 1. The lowest BCUT2D eigenvalue weighted by Crippen LogP contribution is -2.49. The number of methoxy groups -OCH3 is 1. The van der Waals surface area contributed by atoms with Crippen LogP contribution in [-0.2, 0) is 41.9 Å². The zero-order chi connectivity index (χ0) is 47.6. The molecule has 0 radical (unpaired) electrons. The summed E-state index contributed by atoms with van der Waals surface area (Å²) in [4.78, 5) is 62.0. The quantitative estimate of drug-likeness (QED) is 0.0907. The van der Waals surface area contributed by atoms with Crippen molar-refractivity contribution in [2.45, 2.75) is 116 Å². The van der Waals surface area contributed by atoms with Crippen molar-refractivity contribution in [3.05, 3.63) is 89.4 Å². The predicted octanol–water partition coefficient (Wildman–Crippen LogP) is 7.77. The Hall–Kier alpha value is -5.63. The number of aromatic amines is 1. The summed E-state index contributed by atoms with van der Waals surface area (Å²) in [7, 11) is 0.527. The Morgan fingerprint density at radius 3 is 2.03 bits per heavy atom. The van der Waals surface area contributed by atoms with Gasteiger partial charge in [-0.05, 0) is 106 Å². The van der Waals surface area contributed by atoms with E-state index in [4.69, 9.17) is 9.47 Å². The Morgan fingerprint density at radius 2 is 1.53 bits per heavy atom. The van der Waals surface area contributed by atoms with Crippen molar-refractivity contribution in [1.29, 1.82) is 0 Å². The first-order valence-corrected chi connectivity index (χ1v) is 21.4. The summed E-state index contributed by atoms with van der Waals surface area (Å²) in [5, 5.41) is 7.09. The molecule has 4 amide bonds. The van der Waals surface area contributed by atoms with Gasteiger partial charge in [0.25, 0.3) is 5.56 Å². The Balaban J connectivity index is 0.000000976. The molecule has 17 heteroatoms. The van der Waals surface area contributed by atoms with E-state index in [1.165, 1.54) is 30.9 Å². The van der Waals surface area contributed by atoms with Crippen LogP contribution >= 0.6 is 0 Å². The van der Waals surface area contributed by atoms with Gasteiger partial charge in [0.05, 0.1) is 17.9 Å². The van der Waals surface area contributed by atoms with Crippen LogP contribution in [0.4, 0.5) is 18.0 Å². The topological polar surface area (TPSA) is 176 Å². The average Bonchev–Trinajstić information content (AvgIpc) is 4.20. The highest BCUT2D eigenvalue weighted by atomic mass is 32.2. The molecule has 0 spiro atoms. The molecule has 13 nitrogen and oxygen atoms in total. The van der Waals surface area contributed by atoms with Crippen molar-refractivity contribution >= 4 is 46.1 Å². The molecule has 1 aliphatic heterocycles. The molecule has 4 N–H and O–H groups in total. The van der Waals surface area contributed by atoms with Gasteiger partial charge in [-0.3, -0.25) is 23.9 Å². The summed E-state index contributed by atoms with van der Waals surface area (Å²) in [5.41, 5.74) is -1.70. The van der Waals surface area contributed by atoms with Crippen LogP contribution in [0.1, 0.15) is 98.1 Å². The Bertz CT molecular complexity index is 1930. The smallest absolute Gasteiger partial charge is 0.416 e. The molecule has 2 aliphatic carbocycles. The van der Waals surface area contributed by atoms with Gasteiger partial charge in [-0.2, -0.15) is 13.2 Å². The molecule has 6 rings (SSSR count). The van der Waals surface area contributed by atoms with Crippen LogP contribution in [0, 0.1) is 18.8 Å². The molecule has 2 heterocycles. The molecule has 3 fully saturated rings. The van der Waals surface area contributed by atoms with Crippen LogP contribution < -0.4 is 25.7 Å². The number of terminal acetylenes is 1. The van der Waals surface area contributed by atoms with Crippen LogP contribution in [0.5, 0.6) is 5.75 Å². The van der Waals surface area contributed by atoms with Gasteiger partial charge in [-0.25, -0.2) is 9.00 Å². The van der Waals surface area contributed by atoms with E-state index in [1.54, 1.807) is 25.4 Å². The van der Waals surface area contributed by atoms with E-state index in [1.807, 2.05) is 26.0 Å². The number of alkyl carbamates (subject to hydrolysis) is 1. The highest BCUT2D eigenvalue weighted by molar-refractivity contribution is 7.84. The number of aromatic nitrogens is 1. The summed E-state index contributed by atoms with van der Waals surface area (Å²) < 4.78 is 61.3. The number of hydrogen-bond donors (Lipinski definition) is 4. The molecule has 3 aliphatic rings.